The van der Waals surface area contributed by atoms with Crippen molar-refractivity contribution in [2.24, 2.45) is 5.92 Å². The van der Waals surface area contributed by atoms with E-state index in [1.165, 1.54) is 0 Å². The molecule has 0 spiro atoms. The Balaban J connectivity index is -0.000000720. The van der Waals surface area contributed by atoms with Crippen LogP contribution < -0.4 is 68.9 Å². The van der Waals surface area contributed by atoms with Crippen molar-refractivity contribution in [3.63, 3.8) is 0 Å². The minimum atomic E-state index is -4.28. The van der Waals surface area contributed by atoms with Crippen LogP contribution in [0.15, 0.2) is 0 Å². The van der Waals surface area contributed by atoms with E-state index in [9.17, 15) is 0 Å². The molecule has 4 nitrogen and oxygen atoms in total. The van der Waals surface area contributed by atoms with E-state index >= 15 is 0 Å². The first-order chi connectivity index (χ1) is 5.99. The van der Waals surface area contributed by atoms with Crippen molar-refractivity contribution in [3.8, 4) is 0 Å². The average molecular weight is 342 g/mol. The van der Waals surface area contributed by atoms with Crippen molar-refractivity contribution < 1.29 is 89.1 Å². The van der Waals surface area contributed by atoms with Crippen molar-refractivity contribution in [3.05, 3.63) is 0 Å². The summed E-state index contributed by atoms with van der Waals surface area (Å²) in [6.07, 6.45) is 4.18. The molecule has 0 bridgehead atoms. The van der Waals surface area contributed by atoms with Crippen LogP contribution in [0, 0.1) is 5.92 Å². The quantitative estimate of drug-likeness (QED) is 0.457. The summed E-state index contributed by atoms with van der Waals surface area (Å²) in [5.41, 5.74) is 0. The third kappa shape index (κ3) is 12.2. The second kappa shape index (κ2) is 10.3. The first-order valence-electron chi connectivity index (χ1n) is 4.80. The van der Waals surface area contributed by atoms with E-state index < -0.39 is 9.05 Å². The molecular formula is C8H21CsO4Si. The smallest absolute Gasteiger partial charge is 1.00 e. The molecule has 0 saturated heterocycles. The molecule has 0 radical (unpaired) electrons. The molecule has 0 aromatic heterocycles. The maximum absolute atomic E-state index is 8.62. The van der Waals surface area contributed by atoms with Gasteiger partial charge in [-0.3, -0.25) is 0 Å². The van der Waals surface area contributed by atoms with Gasteiger partial charge in [-0.1, -0.05) is 33.1 Å². The van der Waals surface area contributed by atoms with E-state index in [2.05, 4.69) is 11.3 Å². The van der Waals surface area contributed by atoms with Gasteiger partial charge >= 0.3 is 77.9 Å². The summed E-state index contributed by atoms with van der Waals surface area (Å²) >= 11 is 0. The van der Waals surface area contributed by atoms with Crippen molar-refractivity contribution in [2.75, 3.05) is 6.61 Å². The Bertz CT molecular complexity index is 134. The van der Waals surface area contributed by atoms with Gasteiger partial charge in [0.1, 0.15) is 0 Å². The molecule has 0 heterocycles. The van der Waals surface area contributed by atoms with Crippen LogP contribution in [0.5, 0.6) is 0 Å². The minimum Gasteiger partial charge on any atom is -1.00 e. The molecule has 0 aliphatic carbocycles. The summed E-state index contributed by atoms with van der Waals surface area (Å²) in [5, 5.41) is 0. The topological polar surface area (TPSA) is 69.9 Å². The molecular weight excluding hydrogens is 321 g/mol. The fraction of sp³-hybridized carbons (Fsp3) is 1.00. The van der Waals surface area contributed by atoms with E-state index in [1.807, 2.05) is 6.92 Å². The van der Waals surface area contributed by atoms with Gasteiger partial charge < -0.3 is 20.2 Å². The van der Waals surface area contributed by atoms with Gasteiger partial charge in [-0.05, 0) is 12.3 Å². The first kappa shape index (κ1) is 18.5. The van der Waals surface area contributed by atoms with Crippen LogP contribution >= 0.6 is 0 Å². The van der Waals surface area contributed by atoms with Crippen LogP contribution in [0.3, 0.4) is 0 Å². The average Bonchev–Trinajstić information content (AvgIpc) is 2.03. The Morgan fingerprint density at radius 3 is 2.21 bits per heavy atom. The number of hydrogen-bond acceptors (Lipinski definition) is 4. The molecule has 6 heteroatoms. The largest absolute Gasteiger partial charge is 1.00 e. The first-order valence-corrected chi connectivity index (χ1v) is 6.55. The molecule has 0 rings (SSSR count). The monoisotopic (exact) mass is 342 g/mol. The summed E-state index contributed by atoms with van der Waals surface area (Å²) in [6.45, 7) is 4.38. The van der Waals surface area contributed by atoms with E-state index in [0.717, 1.165) is 25.7 Å². The third-order valence-corrected chi connectivity index (χ3v) is 2.61. The van der Waals surface area contributed by atoms with E-state index in [0.29, 0.717) is 5.92 Å². The van der Waals surface area contributed by atoms with E-state index in [-0.39, 0.29) is 76.9 Å². The molecule has 14 heavy (non-hydrogen) atoms. The molecule has 1 unspecified atom stereocenters. The molecule has 0 saturated carbocycles. The van der Waals surface area contributed by atoms with Crippen molar-refractivity contribution in [2.45, 2.75) is 39.5 Å². The number of hydrogen-bond donors (Lipinski definition) is 3. The van der Waals surface area contributed by atoms with Gasteiger partial charge in [-0.2, -0.15) is 0 Å². The molecule has 0 fully saturated rings. The maximum atomic E-state index is 8.62. The van der Waals surface area contributed by atoms with E-state index in [4.69, 9.17) is 14.4 Å². The van der Waals surface area contributed by atoms with E-state index in [1.54, 1.807) is 0 Å². The van der Waals surface area contributed by atoms with Gasteiger partial charge in [0.15, 0.2) is 0 Å². The van der Waals surface area contributed by atoms with Crippen LogP contribution in [0.2, 0.25) is 0 Å². The van der Waals surface area contributed by atoms with Crippen molar-refractivity contribution in [1.29, 1.82) is 0 Å². The maximum Gasteiger partial charge on any atom is 1.00 e. The molecule has 0 aromatic rings. The van der Waals surface area contributed by atoms with Crippen molar-refractivity contribution in [1.82, 2.24) is 0 Å². The summed E-state index contributed by atoms with van der Waals surface area (Å²) in [4.78, 5) is 25.8. The second-order valence-corrected chi connectivity index (χ2v) is 4.74. The summed E-state index contributed by atoms with van der Waals surface area (Å²) in [7, 11) is -4.28. The van der Waals surface area contributed by atoms with Crippen molar-refractivity contribution >= 4 is 9.05 Å². The predicted octanol–water partition coefficient (Wildman–Crippen LogP) is -2.25. The molecule has 3 N–H and O–H groups in total. The van der Waals surface area contributed by atoms with Crippen LogP contribution in [-0.4, -0.2) is 30.0 Å². The summed E-state index contributed by atoms with van der Waals surface area (Å²) < 4.78 is 4.58. The Morgan fingerprint density at radius 1 is 1.29 bits per heavy atom. The van der Waals surface area contributed by atoms with Gasteiger partial charge in [-0.15, -0.1) is 0 Å². The molecule has 0 aliphatic rings. The molecule has 0 amide bonds. The Hall–Kier alpha value is 2.11. The molecule has 0 aromatic carbocycles. The molecule has 1 atom stereocenters. The van der Waals surface area contributed by atoms with Gasteiger partial charge in [0.25, 0.3) is 0 Å². The number of rotatable bonds is 7. The van der Waals surface area contributed by atoms with Gasteiger partial charge in [-0.25, -0.2) is 0 Å². The SMILES string of the molecule is CCCCC(CC)CO[Si](O)(O)O.[Cs+].[H-]. The zero-order valence-electron chi connectivity index (χ0n) is 10.4. The Morgan fingerprint density at radius 2 is 1.86 bits per heavy atom. The molecule has 0 aliphatic heterocycles. The Kier molecular flexibility index (Phi) is 13.6. The normalized spacial score (nSPS) is 13.5. The van der Waals surface area contributed by atoms with Gasteiger partial charge in [0.05, 0.1) is 0 Å². The van der Waals surface area contributed by atoms with Gasteiger partial charge in [0.2, 0.25) is 0 Å². The minimum absolute atomic E-state index is 0. The molecule has 82 valence electrons. The van der Waals surface area contributed by atoms with Crippen LogP contribution in [0.4, 0.5) is 0 Å². The van der Waals surface area contributed by atoms with Crippen LogP contribution in [0.25, 0.3) is 0 Å². The second-order valence-electron chi connectivity index (χ2n) is 3.30. The fourth-order valence-electron chi connectivity index (χ4n) is 1.13. The predicted molar refractivity (Wildman–Crippen MR) is 52.8 cm³/mol. The summed E-state index contributed by atoms with van der Waals surface area (Å²) in [5.74, 6) is 0.318. The number of unbranched alkanes of at least 4 members (excludes halogenated alkanes) is 1. The standard InChI is InChI=1S/C8H20O4Si.Cs.H/c1-3-5-6-8(4-2)7-12-13(9,10)11;;/h8-11H,3-7H2,1-2H3;;/q;+1;-1. The third-order valence-electron chi connectivity index (χ3n) is 2.06. The zero-order valence-corrected chi connectivity index (χ0v) is 16.6. The summed E-state index contributed by atoms with van der Waals surface area (Å²) in [6, 6.07) is 0. The van der Waals surface area contributed by atoms with Crippen LogP contribution in [-0.2, 0) is 4.43 Å². The fourth-order valence-corrected chi connectivity index (χ4v) is 1.59. The Labute approximate surface area is 147 Å². The van der Waals surface area contributed by atoms with Crippen LogP contribution in [0.1, 0.15) is 41.0 Å². The van der Waals surface area contributed by atoms with Gasteiger partial charge in [0, 0.05) is 6.61 Å². The zero-order chi connectivity index (χ0) is 10.3.